The number of benzene rings is 1. The summed E-state index contributed by atoms with van der Waals surface area (Å²) in [6, 6.07) is 14.4. The molecule has 1 aromatic carbocycles. The summed E-state index contributed by atoms with van der Waals surface area (Å²) in [5, 5.41) is 0. The second-order valence-corrected chi connectivity index (χ2v) is 4.23. The predicted molar refractivity (Wildman–Crippen MR) is 73.9 cm³/mol. The van der Waals surface area contributed by atoms with E-state index < -0.39 is 0 Å². The van der Waals surface area contributed by atoms with E-state index in [1.54, 1.807) is 17.0 Å². The number of carbonyl (C=O) groups excluding carboxylic acids is 1. The molecule has 0 aliphatic rings. The van der Waals surface area contributed by atoms with E-state index in [0.29, 0.717) is 18.8 Å². The molecular weight excluding hydrogens is 240 g/mol. The highest BCUT2D eigenvalue weighted by Gasteiger charge is 2.14. The van der Waals surface area contributed by atoms with E-state index in [9.17, 15) is 9.59 Å². The third kappa shape index (κ3) is 3.31. The van der Waals surface area contributed by atoms with Crippen LogP contribution < -0.4 is 5.56 Å². The van der Waals surface area contributed by atoms with Crippen molar-refractivity contribution < 1.29 is 4.79 Å². The van der Waals surface area contributed by atoms with Gasteiger partial charge >= 0.3 is 0 Å². The minimum atomic E-state index is -0.262. The number of H-pyrrole nitrogens is 1. The Morgan fingerprint density at radius 3 is 2.47 bits per heavy atom. The quantitative estimate of drug-likeness (QED) is 0.910. The molecule has 4 heteroatoms. The highest BCUT2D eigenvalue weighted by Crippen LogP contribution is 2.07. The van der Waals surface area contributed by atoms with Gasteiger partial charge in [-0.05, 0) is 18.6 Å². The standard InChI is InChI=1S/C15H16N2O2/c1-2-17(11-12-7-4-3-5-8-12)15(19)13-9-6-10-14(18)16-13/h3-10H,2,11H2,1H3,(H,16,18). The second kappa shape index (κ2) is 6.00. The number of carbonyl (C=O) groups is 1. The second-order valence-electron chi connectivity index (χ2n) is 4.23. The average molecular weight is 256 g/mol. The molecule has 0 saturated heterocycles. The SMILES string of the molecule is CCN(Cc1ccccc1)C(=O)c1cccc(=O)[nH]1. The van der Waals surface area contributed by atoms with Crippen molar-refractivity contribution in [3.63, 3.8) is 0 Å². The lowest BCUT2D eigenvalue weighted by Gasteiger charge is -2.20. The van der Waals surface area contributed by atoms with Crippen LogP contribution in [0, 0.1) is 0 Å². The minimum Gasteiger partial charge on any atom is -0.333 e. The van der Waals surface area contributed by atoms with Crippen molar-refractivity contribution in [1.29, 1.82) is 0 Å². The molecule has 1 aromatic heterocycles. The molecular formula is C15H16N2O2. The van der Waals surface area contributed by atoms with E-state index in [1.807, 2.05) is 37.3 Å². The molecule has 2 aromatic rings. The van der Waals surface area contributed by atoms with Crippen LogP contribution in [-0.4, -0.2) is 22.3 Å². The summed E-state index contributed by atoms with van der Waals surface area (Å²) in [5.41, 5.74) is 1.13. The molecule has 0 atom stereocenters. The topological polar surface area (TPSA) is 53.2 Å². The number of hydrogen-bond acceptors (Lipinski definition) is 2. The summed E-state index contributed by atoms with van der Waals surface area (Å²) >= 11 is 0. The van der Waals surface area contributed by atoms with Gasteiger partial charge in [0.2, 0.25) is 5.56 Å². The van der Waals surface area contributed by atoms with Gasteiger partial charge in [0.05, 0.1) is 0 Å². The number of amides is 1. The molecule has 1 heterocycles. The van der Waals surface area contributed by atoms with E-state index in [-0.39, 0.29) is 11.5 Å². The fourth-order valence-corrected chi connectivity index (χ4v) is 1.87. The van der Waals surface area contributed by atoms with Crippen molar-refractivity contribution in [2.75, 3.05) is 6.54 Å². The third-order valence-corrected chi connectivity index (χ3v) is 2.88. The molecule has 0 saturated carbocycles. The van der Waals surface area contributed by atoms with E-state index in [4.69, 9.17) is 0 Å². The molecule has 0 unspecified atom stereocenters. The van der Waals surface area contributed by atoms with E-state index >= 15 is 0 Å². The van der Waals surface area contributed by atoms with E-state index in [1.165, 1.54) is 6.07 Å². The predicted octanol–water partition coefficient (Wildman–Crippen LogP) is 2.04. The fourth-order valence-electron chi connectivity index (χ4n) is 1.87. The highest BCUT2D eigenvalue weighted by molar-refractivity contribution is 5.92. The van der Waals surface area contributed by atoms with Gasteiger partial charge in [-0.1, -0.05) is 36.4 Å². The average Bonchev–Trinajstić information content (AvgIpc) is 2.45. The fraction of sp³-hybridized carbons (Fsp3) is 0.200. The molecule has 0 radical (unpaired) electrons. The summed E-state index contributed by atoms with van der Waals surface area (Å²) in [6.45, 7) is 3.04. The smallest absolute Gasteiger partial charge is 0.270 e. The van der Waals surface area contributed by atoms with Crippen LogP contribution in [0.15, 0.2) is 53.3 Å². The molecule has 1 amide bonds. The molecule has 0 aliphatic carbocycles. The lowest BCUT2D eigenvalue weighted by molar-refractivity contribution is 0.0746. The Morgan fingerprint density at radius 2 is 1.84 bits per heavy atom. The van der Waals surface area contributed by atoms with E-state index in [2.05, 4.69) is 4.98 Å². The number of nitrogens with zero attached hydrogens (tertiary/aromatic N) is 1. The summed E-state index contributed by atoms with van der Waals surface area (Å²) in [4.78, 5) is 27.8. The first-order valence-corrected chi connectivity index (χ1v) is 6.23. The first kappa shape index (κ1) is 13.1. The van der Waals surface area contributed by atoms with Gasteiger partial charge in [0.15, 0.2) is 0 Å². The van der Waals surface area contributed by atoms with Gasteiger partial charge < -0.3 is 9.88 Å². The Morgan fingerprint density at radius 1 is 1.11 bits per heavy atom. The van der Waals surface area contributed by atoms with Crippen LogP contribution in [0.4, 0.5) is 0 Å². The molecule has 0 aliphatic heterocycles. The van der Waals surface area contributed by atoms with Crippen molar-refractivity contribution in [3.8, 4) is 0 Å². The zero-order valence-corrected chi connectivity index (χ0v) is 10.8. The zero-order valence-electron chi connectivity index (χ0n) is 10.8. The number of rotatable bonds is 4. The van der Waals surface area contributed by atoms with Gasteiger partial charge in [0.25, 0.3) is 5.91 Å². The number of aromatic nitrogens is 1. The summed E-state index contributed by atoms with van der Waals surface area (Å²) in [7, 11) is 0. The summed E-state index contributed by atoms with van der Waals surface area (Å²) < 4.78 is 0. The van der Waals surface area contributed by atoms with Crippen molar-refractivity contribution in [2.45, 2.75) is 13.5 Å². The summed E-state index contributed by atoms with van der Waals surface area (Å²) in [5.74, 6) is -0.163. The maximum Gasteiger partial charge on any atom is 0.270 e. The number of aromatic amines is 1. The van der Waals surface area contributed by atoms with Crippen LogP contribution in [0.2, 0.25) is 0 Å². The van der Waals surface area contributed by atoms with Gasteiger partial charge in [-0.15, -0.1) is 0 Å². The third-order valence-electron chi connectivity index (χ3n) is 2.88. The van der Waals surface area contributed by atoms with Crippen LogP contribution in [0.1, 0.15) is 23.0 Å². The van der Waals surface area contributed by atoms with Gasteiger partial charge in [0.1, 0.15) is 5.69 Å². The van der Waals surface area contributed by atoms with Crippen LogP contribution in [0.5, 0.6) is 0 Å². The van der Waals surface area contributed by atoms with Gasteiger partial charge in [-0.2, -0.15) is 0 Å². The van der Waals surface area contributed by atoms with E-state index in [0.717, 1.165) is 5.56 Å². The van der Waals surface area contributed by atoms with Gasteiger partial charge in [-0.25, -0.2) is 0 Å². The normalized spacial score (nSPS) is 10.2. The number of pyridine rings is 1. The van der Waals surface area contributed by atoms with Gasteiger partial charge in [0, 0.05) is 19.2 Å². The molecule has 0 spiro atoms. The van der Waals surface area contributed by atoms with Crippen molar-refractivity contribution in [1.82, 2.24) is 9.88 Å². The Hall–Kier alpha value is -2.36. The molecule has 98 valence electrons. The van der Waals surface area contributed by atoms with Crippen LogP contribution in [0.3, 0.4) is 0 Å². The maximum atomic E-state index is 12.3. The Balaban J connectivity index is 2.18. The minimum absolute atomic E-state index is 0.163. The largest absolute Gasteiger partial charge is 0.333 e. The molecule has 19 heavy (non-hydrogen) atoms. The number of nitrogens with one attached hydrogen (secondary N) is 1. The Kier molecular flexibility index (Phi) is 4.13. The maximum absolute atomic E-state index is 12.3. The van der Waals surface area contributed by atoms with Crippen molar-refractivity contribution >= 4 is 5.91 Å². The molecule has 0 fully saturated rings. The molecule has 0 bridgehead atoms. The highest BCUT2D eigenvalue weighted by atomic mass is 16.2. The molecule has 4 nitrogen and oxygen atoms in total. The monoisotopic (exact) mass is 256 g/mol. The zero-order chi connectivity index (χ0) is 13.7. The van der Waals surface area contributed by atoms with Crippen molar-refractivity contribution in [2.24, 2.45) is 0 Å². The van der Waals surface area contributed by atoms with Crippen molar-refractivity contribution in [3.05, 3.63) is 70.1 Å². The van der Waals surface area contributed by atoms with Gasteiger partial charge in [-0.3, -0.25) is 9.59 Å². The molecule has 2 rings (SSSR count). The lowest BCUT2D eigenvalue weighted by atomic mass is 10.2. The first-order chi connectivity index (χ1) is 9.20. The number of hydrogen-bond donors (Lipinski definition) is 1. The van der Waals surface area contributed by atoms with Crippen LogP contribution >= 0.6 is 0 Å². The molecule has 1 N–H and O–H groups in total. The summed E-state index contributed by atoms with van der Waals surface area (Å²) in [6.07, 6.45) is 0. The lowest BCUT2D eigenvalue weighted by Crippen LogP contribution is -2.31. The van der Waals surface area contributed by atoms with Crippen LogP contribution in [0.25, 0.3) is 0 Å². The Labute approximate surface area is 111 Å². The Bertz CT molecular complexity index is 605. The van der Waals surface area contributed by atoms with Crippen LogP contribution in [-0.2, 0) is 6.54 Å². The first-order valence-electron chi connectivity index (χ1n) is 6.23.